The molecule has 0 bridgehead atoms. The summed E-state index contributed by atoms with van der Waals surface area (Å²) in [5, 5.41) is 3.57. The van der Waals surface area contributed by atoms with Gasteiger partial charge in [0.25, 0.3) is 11.8 Å². The van der Waals surface area contributed by atoms with Crippen LogP contribution >= 0.6 is 11.6 Å². The van der Waals surface area contributed by atoms with Crippen molar-refractivity contribution in [3.63, 3.8) is 0 Å². The number of ether oxygens (including phenoxy) is 1. The van der Waals surface area contributed by atoms with Gasteiger partial charge in [0.1, 0.15) is 19.0 Å². The van der Waals surface area contributed by atoms with Gasteiger partial charge in [0, 0.05) is 6.54 Å². The topological polar surface area (TPSA) is 71.5 Å². The number of nitrogens with one attached hydrogen (secondary N) is 1. The van der Waals surface area contributed by atoms with Crippen molar-refractivity contribution >= 4 is 29.2 Å². The van der Waals surface area contributed by atoms with Crippen LogP contribution in [0.1, 0.15) is 19.0 Å². The van der Waals surface area contributed by atoms with Crippen molar-refractivity contribution in [3.8, 4) is 0 Å². The zero-order chi connectivity index (χ0) is 14.5. The Bertz CT molecular complexity index is 506. The maximum Gasteiger partial charge on any atom is 0.255 e. The molecule has 2 amide bonds. The van der Waals surface area contributed by atoms with Crippen LogP contribution in [0.2, 0.25) is 5.02 Å². The van der Waals surface area contributed by atoms with Crippen LogP contribution in [0.15, 0.2) is 12.1 Å². The molecule has 1 aliphatic heterocycles. The highest BCUT2D eigenvalue weighted by Crippen LogP contribution is 2.19. The standard InChI is InChI=1S/C13H16ClN3O3/c1-2-5-15-11-4-3-9(14)10(16-11)6-17-12(18)7-20-8-13(17)19/h3-4H,2,5-8H2,1H3,(H,15,16). The molecule has 7 heteroatoms. The fraction of sp³-hybridized carbons (Fsp3) is 0.462. The van der Waals surface area contributed by atoms with Gasteiger partial charge in [-0.3, -0.25) is 14.5 Å². The van der Waals surface area contributed by atoms with Gasteiger partial charge in [-0.05, 0) is 18.6 Å². The molecule has 1 saturated heterocycles. The van der Waals surface area contributed by atoms with Crippen LogP contribution in [0.3, 0.4) is 0 Å². The van der Waals surface area contributed by atoms with E-state index >= 15 is 0 Å². The number of anilines is 1. The maximum absolute atomic E-state index is 11.7. The Balaban J connectivity index is 2.14. The highest BCUT2D eigenvalue weighted by molar-refractivity contribution is 6.31. The average Bonchev–Trinajstić information content (AvgIpc) is 2.43. The molecular formula is C13H16ClN3O3. The Morgan fingerprint density at radius 1 is 1.35 bits per heavy atom. The molecule has 0 aromatic carbocycles. The van der Waals surface area contributed by atoms with Crippen LogP contribution in [-0.4, -0.2) is 41.5 Å². The van der Waals surface area contributed by atoms with Crippen molar-refractivity contribution in [2.24, 2.45) is 0 Å². The van der Waals surface area contributed by atoms with Crippen molar-refractivity contribution in [2.75, 3.05) is 25.1 Å². The largest absolute Gasteiger partial charge is 0.370 e. The van der Waals surface area contributed by atoms with Gasteiger partial charge in [-0.2, -0.15) is 0 Å². The van der Waals surface area contributed by atoms with E-state index in [1.807, 2.05) is 0 Å². The van der Waals surface area contributed by atoms with Crippen LogP contribution in [0, 0.1) is 0 Å². The Labute approximate surface area is 122 Å². The molecule has 0 saturated carbocycles. The number of hydrogen-bond donors (Lipinski definition) is 1. The van der Waals surface area contributed by atoms with E-state index in [0.29, 0.717) is 16.5 Å². The number of aromatic nitrogens is 1. The lowest BCUT2D eigenvalue weighted by molar-refractivity contribution is -0.159. The van der Waals surface area contributed by atoms with Crippen molar-refractivity contribution in [3.05, 3.63) is 22.8 Å². The van der Waals surface area contributed by atoms with Gasteiger partial charge in [-0.1, -0.05) is 18.5 Å². The summed E-state index contributed by atoms with van der Waals surface area (Å²) in [5.41, 5.74) is 0.497. The van der Waals surface area contributed by atoms with Crippen molar-refractivity contribution in [1.29, 1.82) is 0 Å². The predicted molar refractivity (Wildman–Crippen MR) is 74.4 cm³/mol. The van der Waals surface area contributed by atoms with E-state index in [0.717, 1.165) is 17.9 Å². The van der Waals surface area contributed by atoms with Crippen LogP contribution in [0.25, 0.3) is 0 Å². The lowest BCUT2D eigenvalue weighted by Crippen LogP contribution is -2.45. The van der Waals surface area contributed by atoms with Crippen LogP contribution in [0.5, 0.6) is 0 Å². The predicted octanol–water partition coefficient (Wildman–Crippen LogP) is 1.44. The Morgan fingerprint density at radius 2 is 2.05 bits per heavy atom. The smallest absolute Gasteiger partial charge is 0.255 e. The summed E-state index contributed by atoms with van der Waals surface area (Å²) in [6.07, 6.45) is 0.972. The summed E-state index contributed by atoms with van der Waals surface area (Å²) >= 11 is 6.07. The number of carbonyl (C=O) groups is 2. The normalized spacial score (nSPS) is 15.6. The molecule has 1 aliphatic rings. The fourth-order valence-electron chi connectivity index (χ4n) is 1.79. The second-order valence-corrected chi connectivity index (χ2v) is 4.83. The third-order valence-corrected chi connectivity index (χ3v) is 3.18. The molecule has 108 valence electrons. The quantitative estimate of drug-likeness (QED) is 0.833. The summed E-state index contributed by atoms with van der Waals surface area (Å²) in [7, 11) is 0. The second-order valence-electron chi connectivity index (χ2n) is 4.42. The number of nitrogens with zero attached hydrogens (tertiary/aromatic N) is 2. The summed E-state index contributed by atoms with van der Waals surface area (Å²) in [6.45, 7) is 2.74. The van der Waals surface area contributed by atoms with Crippen molar-refractivity contribution in [2.45, 2.75) is 19.9 Å². The summed E-state index contributed by atoms with van der Waals surface area (Å²) < 4.78 is 4.86. The molecule has 0 atom stereocenters. The molecule has 20 heavy (non-hydrogen) atoms. The summed E-state index contributed by atoms with van der Waals surface area (Å²) in [6, 6.07) is 3.47. The number of carbonyl (C=O) groups excluding carboxylic acids is 2. The minimum atomic E-state index is -0.369. The van der Waals surface area contributed by atoms with Gasteiger partial charge in [-0.25, -0.2) is 4.98 Å². The average molecular weight is 298 g/mol. The minimum Gasteiger partial charge on any atom is -0.370 e. The van der Waals surface area contributed by atoms with E-state index < -0.39 is 0 Å². The number of halogens is 1. The zero-order valence-electron chi connectivity index (χ0n) is 11.2. The van der Waals surface area contributed by atoms with Crippen LogP contribution < -0.4 is 5.32 Å². The highest BCUT2D eigenvalue weighted by Gasteiger charge is 2.27. The van der Waals surface area contributed by atoms with E-state index in [9.17, 15) is 9.59 Å². The SMILES string of the molecule is CCCNc1ccc(Cl)c(CN2C(=O)COCC2=O)n1. The lowest BCUT2D eigenvalue weighted by atomic mass is 10.3. The number of pyridine rings is 1. The number of rotatable bonds is 5. The molecule has 1 fully saturated rings. The molecule has 2 heterocycles. The van der Waals surface area contributed by atoms with Crippen molar-refractivity contribution in [1.82, 2.24) is 9.88 Å². The lowest BCUT2D eigenvalue weighted by Gasteiger charge is -2.25. The molecule has 1 aromatic heterocycles. The third-order valence-electron chi connectivity index (χ3n) is 2.84. The van der Waals surface area contributed by atoms with Crippen molar-refractivity contribution < 1.29 is 14.3 Å². The molecule has 1 aromatic rings. The summed E-state index contributed by atoms with van der Waals surface area (Å²) in [4.78, 5) is 28.8. The Morgan fingerprint density at radius 3 is 2.70 bits per heavy atom. The van der Waals surface area contributed by atoms with E-state index in [2.05, 4.69) is 17.2 Å². The molecular weight excluding hydrogens is 282 g/mol. The van der Waals surface area contributed by atoms with E-state index in [1.165, 1.54) is 0 Å². The van der Waals surface area contributed by atoms with E-state index in [1.54, 1.807) is 12.1 Å². The van der Waals surface area contributed by atoms with Gasteiger partial charge in [-0.15, -0.1) is 0 Å². The first-order valence-electron chi connectivity index (χ1n) is 6.42. The van der Waals surface area contributed by atoms with Gasteiger partial charge in [0.2, 0.25) is 0 Å². The highest BCUT2D eigenvalue weighted by atomic mass is 35.5. The number of imide groups is 1. The molecule has 6 nitrogen and oxygen atoms in total. The molecule has 2 rings (SSSR count). The Hall–Kier alpha value is -1.66. The van der Waals surface area contributed by atoms with Crippen LogP contribution in [0.4, 0.5) is 5.82 Å². The first-order chi connectivity index (χ1) is 9.61. The third kappa shape index (κ3) is 3.46. The first kappa shape index (κ1) is 14.7. The van der Waals surface area contributed by atoms with E-state index in [4.69, 9.17) is 16.3 Å². The van der Waals surface area contributed by atoms with Gasteiger partial charge in [0.05, 0.1) is 17.3 Å². The number of amides is 2. The molecule has 0 aliphatic carbocycles. The monoisotopic (exact) mass is 297 g/mol. The van der Waals surface area contributed by atoms with Crippen LogP contribution in [-0.2, 0) is 20.9 Å². The molecule has 0 spiro atoms. The number of hydrogen-bond acceptors (Lipinski definition) is 5. The zero-order valence-corrected chi connectivity index (χ0v) is 11.9. The second kappa shape index (κ2) is 6.67. The van der Waals surface area contributed by atoms with Gasteiger partial charge in [0.15, 0.2) is 0 Å². The maximum atomic E-state index is 11.7. The fourth-order valence-corrected chi connectivity index (χ4v) is 1.96. The van der Waals surface area contributed by atoms with Gasteiger partial charge < -0.3 is 10.1 Å². The molecule has 0 radical (unpaired) electrons. The summed E-state index contributed by atoms with van der Waals surface area (Å²) in [5.74, 6) is -0.0588. The number of morpholine rings is 1. The van der Waals surface area contributed by atoms with Gasteiger partial charge >= 0.3 is 0 Å². The first-order valence-corrected chi connectivity index (χ1v) is 6.80. The Kier molecular flexibility index (Phi) is 4.92. The van der Waals surface area contributed by atoms with E-state index in [-0.39, 0.29) is 31.6 Å². The minimum absolute atomic E-state index is 0.0709. The molecule has 0 unspecified atom stereocenters. The molecule has 1 N–H and O–H groups in total.